The number of aliphatic imine (C=N–C) groups is 1. The number of nitrogens with one attached hydrogen (secondary N) is 4. The van der Waals surface area contributed by atoms with Gasteiger partial charge in [-0.2, -0.15) is 0 Å². The standard InChI is InChI=1S/C41H55N9O6/c1-2-56-36-25-31(17-20-35(36)48-27-51)40(55)50(33-18-19-33)26-28-13-15-29(16-14-28)38(53)49-32-11-8-10-30(24-32)37(52)45-21-6-4-3-5-7-22-46-39(54)34(42)12-9-23-47-41(43)44/h8,10-11,13-17,20,24-25,27,33-34H,2-7,9,12,18-19,21-23,26,42H2,1H3,(H,45,52)(H,46,54)(H,48,51)(H,49,53)(H4,43,44,47)/t34-/m0/s1. The van der Waals surface area contributed by atoms with E-state index in [2.05, 4.69) is 26.3 Å². The molecule has 0 aliphatic heterocycles. The maximum absolute atomic E-state index is 13.6. The van der Waals surface area contributed by atoms with E-state index < -0.39 is 6.04 Å². The van der Waals surface area contributed by atoms with Gasteiger partial charge in [-0.25, -0.2) is 0 Å². The second-order valence-corrected chi connectivity index (χ2v) is 13.7. The molecule has 0 radical (unpaired) electrons. The van der Waals surface area contributed by atoms with Gasteiger partial charge >= 0.3 is 0 Å². The molecule has 3 aromatic rings. The smallest absolute Gasteiger partial charge is 0.255 e. The molecular formula is C41H55N9O6. The number of nitrogens with two attached hydrogens (primary N) is 3. The molecule has 0 saturated heterocycles. The van der Waals surface area contributed by atoms with Crippen molar-refractivity contribution in [3.8, 4) is 5.75 Å². The number of hydrogen-bond donors (Lipinski definition) is 7. The third-order valence-corrected chi connectivity index (χ3v) is 9.19. The maximum atomic E-state index is 13.6. The maximum Gasteiger partial charge on any atom is 0.255 e. The molecule has 56 heavy (non-hydrogen) atoms. The van der Waals surface area contributed by atoms with E-state index in [-0.39, 0.29) is 35.6 Å². The molecule has 1 aliphatic rings. The first-order chi connectivity index (χ1) is 27.1. The highest BCUT2D eigenvalue weighted by Crippen LogP contribution is 2.32. The lowest BCUT2D eigenvalue weighted by atomic mass is 10.1. The van der Waals surface area contributed by atoms with Gasteiger partial charge in [0.15, 0.2) is 5.96 Å². The number of anilines is 2. The second-order valence-electron chi connectivity index (χ2n) is 13.7. The number of amides is 5. The number of carbonyl (C=O) groups excluding carboxylic acids is 5. The second kappa shape index (κ2) is 22.4. The lowest BCUT2D eigenvalue weighted by molar-refractivity contribution is -0.122. The minimum atomic E-state index is -0.584. The zero-order chi connectivity index (χ0) is 40.3. The van der Waals surface area contributed by atoms with Crippen molar-refractivity contribution in [2.45, 2.75) is 83.3 Å². The average molecular weight is 770 g/mol. The minimum Gasteiger partial charge on any atom is -0.492 e. The summed E-state index contributed by atoms with van der Waals surface area (Å²) in [5, 5.41) is 11.3. The zero-order valence-electron chi connectivity index (χ0n) is 32.1. The highest BCUT2D eigenvalue weighted by molar-refractivity contribution is 6.05. The van der Waals surface area contributed by atoms with Crippen LogP contribution in [0.3, 0.4) is 0 Å². The van der Waals surface area contributed by atoms with Crippen LogP contribution in [0.1, 0.15) is 101 Å². The zero-order valence-corrected chi connectivity index (χ0v) is 32.1. The van der Waals surface area contributed by atoms with Crippen molar-refractivity contribution in [3.63, 3.8) is 0 Å². The van der Waals surface area contributed by atoms with Gasteiger partial charge in [-0.05, 0) is 99.5 Å². The summed E-state index contributed by atoms with van der Waals surface area (Å²) in [6.07, 6.45) is 8.06. The van der Waals surface area contributed by atoms with Crippen molar-refractivity contribution in [1.29, 1.82) is 0 Å². The number of nitrogens with zero attached hydrogens (tertiary/aromatic N) is 2. The summed E-state index contributed by atoms with van der Waals surface area (Å²) in [6, 6.07) is 18.4. The van der Waals surface area contributed by atoms with Gasteiger partial charge in [-0.1, -0.05) is 37.5 Å². The van der Waals surface area contributed by atoms with E-state index in [9.17, 15) is 24.0 Å². The molecule has 1 fully saturated rings. The Kier molecular flexibility index (Phi) is 17.1. The molecule has 5 amide bonds. The molecule has 1 saturated carbocycles. The van der Waals surface area contributed by atoms with E-state index >= 15 is 0 Å². The van der Waals surface area contributed by atoms with Crippen molar-refractivity contribution < 1.29 is 28.7 Å². The van der Waals surface area contributed by atoms with Crippen LogP contribution in [0.5, 0.6) is 5.75 Å². The van der Waals surface area contributed by atoms with Gasteiger partial charge in [0.2, 0.25) is 12.3 Å². The van der Waals surface area contributed by atoms with Gasteiger partial charge in [0.1, 0.15) is 5.75 Å². The van der Waals surface area contributed by atoms with E-state index in [1.54, 1.807) is 54.6 Å². The Morgan fingerprint density at radius 3 is 2.23 bits per heavy atom. The number of rotatable bonds is 24. The Morgan fingerprint density at radius 1 is 0.857 bits per heavy atom. The van der Waals surface area contributed by atoms with Gasteiger partial charge in [0.25, 0.3) is 17.7 Å². The average Bonchev–Trinajstić information content (AvgIpc) is 4.04. The highest BCUT2D eigenvalue weighted by Gasteiger charge is 2.33. The minimum absolute atomic E-state index is 0.0257. The monoisotopic (exact) mass is 769 g/mol. The number of ether oxygens (including phenoxy) is 1. The van der Waals surface area contributed by atoms with E-state index in [0.717, 1.165) is 50.5 Å². The van der Waals surface area contributed by atoms with Crippen molar-refractivity contribution >= 4 is 47.4 Å². The van der Waals surface area contributed by atoms with Crippen LogP contribution in [0.15, 0.2) is 71.7 Å². The Bertz CT molecular complexity index is 1810. The molecule has 4 rings (SSSR count). The van der Waals surface area contributed by atoms with Gasteiger partial charge in [-0.15, -0.1) is 0 Å². The largest absolute Gasteiger partial charge is 0.492 e. The molecule has 3 aromatic carbocycles. The van der Waals surface area contributed by atoms with Crippen LogP contribution in [0.25, 0.3) is 0 Å². The van der Waals surface area contributed by atoms with Crippen LogP contribution in [0, 0.1) is 0 Å². The number of carbonyl (C=O) groups is 5. The molecule has 0 heterocycles. The van der Waals surface area contributed by atoms with E-state index in [4.69, 9.17) is 21.9 Å². The number of hydrogen-bond acceptors (Lipinski definition) is 8. The fourth-order valence-electron chi connectivity index (χ4n) is 6.01. The summed E-state index contributed by atoms with van der Waals surface area (Å²) < 4.78 is 5.64. The molecule has 1 aliphatic carbocycles. The number of benzene rings is 3. The van der Waals surface area contributed by atoms with Crippen LogP contribution < -0.4 is 43.2 Å². The SMILES string of the molecule is CCOc1cc(C(=O)N(Cc2ccc(C(=O)Nc3cccc(C(=O)NCCCCCCCNC(=O)[C@@H](N)CCCN=C(N)N)c3)cc2)C2CC2)ccc1NC=O. The first kappa shape index (κ1) is 42.8. The Hall–Kier alpha value is -5.96. The molecule has 300 valence electrons. The predicted octanol–water partition coefficient (Wildman–Crippen LogP) is 3.89. The van der Waals surface area contributed by atoms with Crippen LogP contribution in [0.4, 0.5) is 11.4 Å². The molecule has 0 spiro atoms. The first-order valence-electron chi connectivity index (χ1n) is 19.2. The van der Waals surface area contributed by atoms with Gasteiger partial charge in [0.05, 0.1) is 18.3 Å². The van der Waals surface area contributed by atoms with Crippen molar-refractivity contribution in [3.05, 3.63) is 89.0 Å². The third kappa shape index (κ3) is 14.0. The van der Waals surface area contributed by atoms with Crippen LogP contribution in [0.2, 0.25) is 0 Å². The first-order valence-corrected chi connectivity index (χ1v) is 19.2. The van der Waals surface area contributed by atoms with Gasteiger partial charge < -0.3 is 48.1 Å². The topological polar surface area (TPSA) is 236 Å². The summed E-state index contributed by atoms with van der Waals surface area (Å²) in [4.78, 5) is 68.3. The quantitative estimate of drug-likeness (QED) is 0.0303. The molecule has 15 heteroatoms. The predicted molar refractivity (Wildman–Crippen MR) is 217 cm³/mol. The molecule has 0 unspecified atom stereocenters. The Morgan fingerprint density at radius 2 is 1.55 bits per heavy atom. The van der Waals surface area contributed by atoms with E-state index in [1.807, 2.05) is 24.0 Å². The van der Waals surface area contributed by atoms with Crippen LogP contribution in [-0.4, -0.2) is 79.2 Å². The van der Waals surface area contributed by atoms with Crippen LogP contribution >= 0.6 is 0 Å². The summed E-state index contributed by atoms with van der Waals surface area (Å²) in [5.41, 5.74) is 19.7. The molecule has 0 aromatic heterocycles. The number of guanidine groups is 1. The fourth-order valence-corrected chi connectivity index (χ4v) is 6.01. The van der Waals surface area contributed by atoms with Gasteiger partial charge in [0, 0.05) is 54.6 Å². The van der Waals surface area contributed by atoms with E-state index in [0.29, 0.717) is 85.9 Å². The number of unbranched alkanes of at least 4 members (excludes halogenated alkanes) is 4. The highest BCUT2D eigenvalue weighted by atomic mass is 16.5. The van der Waals surface area contributed by atoms with Crippen molar-refractivity contribution in [1.82, 2.24) is 15.5 Å². The normalized spacial score (nSPS) is 12.5. The molecule has 10 N–H and O–H groups in total. The molecule has 0 bridgehead atoms. The summed E-state index contributed by atoms with van der Waals surface area (Å²) in [7, 11) is 0. The van der Waals surface area contributed by atoms with Crippen molar-refractivity contribution in [2.24, 2.45) is 22.2 Å². The summed E-state index contributed by atoms with van der Waals surface area (Å²) >= 11 is 0. The third-order valence-electron chi connectivity index (χ3n) is 9.19. The van der Waals surface area contributed by atoms with Crippen LogP contribution in [-0.2, 0) is 16.1 Å². The lowest BCUT2D eigenvalue weighted by Gasteiger charge is -2.23. The lowest BCUT2D eigenvalue weighted by Crippen LogP contribution is -2.41. The molecule has 1 atom stereocenters. The Balaban J connectivity index is 1.17. The molecule has 15 nitrogen and oxygen atoms in total. The summed E-state index contributed by atoms with van der Waals surface area (Å²) in [6.45, 7) is 4.12. The summed E-state index contributed by atoms with van der Waals surface area (Å²) in [5.74, 6) is -0.399. The fraction of sp³-hybridized carbons (Fsp3) is 0.415. The Labute approximate surface area is 328 Å². The van der Waals surface area contributed by atoms with Gasteiger partial charge in [-0.3, -0.25) is 29.0 Å². The molecular weight excluding hydrogens is 715 g/mol. The van der Waals surface area contributed by atoms with Crippen molar-refractivity contribution in [2.75, 3.05) is 36.9 Å². The van der Waals surface area contributed by atoms with E-state index in [1.165, 1.54) is 0 Å².